The van der Waals surface area contributed by atoms with Gasteiger partial charge in [-0.2, -0.15) is 0 Å². The summed E-state index contributed by atoms with van der Waals surface area (Å²) in [6.07, 6.45) is -13.5. The number of benzene rings is 1. The summed E-state index contributed by atoms with van der Waals surface area (Å²) in [6.45, 7) is -0.450. The molecule has 196 valence electrons. The van der Waals surface area contributed by atoms with Crippen molar-refractivity contribution in [3.63, 3.8) is 0 Å². The van der Waals surface area contributed by atoms with Gasteiger partial charge in [0.1, 0.15) is 48.8 Å². The van der Waals surface area contributed by atoms with Gasteiger partial charge in [-0.3, -0.25) is 9.13 Å². The van der Waals surface area contributed by atoms with Gasteiger partial charge in [0.05, 0.1) is 24.1 Å². The summed E-state index contributed by atoms with van der Waals surface area (Å²) in [6, 6.07) is 4.67. The quantitative estimate of drug-likeness (QED) is 0.234. The molecule has 0 aliphatic carbocycles. The average Bonchev–Trinajstić information content (AvgIpc) is 3.06. The number of halogens is 1. The highest BCUT2D eigenvalue weighted by atomic mass is 35.5. The predicted molar refractivity (Wildman–Crippen MR) is 119 cm³/mol. The molecule has 0 spiro atoms. The van der Waals surface area contributed by atoms with Crippen molar-refractivity contribution in [1.29, 1.82) is 0 Å². The minimum Gasteiger partial charge on any atom is -0.388 e. The van der Waals surface area contributed by atoms with E-state index < -0.39 is 67.1 Å². The van der Waals surface area contributed by atoms with Crippen LogP contribution in [0.15, 0.2) is 23.0 Å². The van der Waals surface area contributed by atoms with Crippen LogP contribution in [-0.4, -0.2) is 115 Å². The molecule has 13 nitrogen and oxygen atoms in total. The summed E-state index contributed by atoms with van der Waals surface area (Å²) in [5.74, 6) is 0. The van der Waals surface area contributed by atoms with Gasteiger partial charge in [-0.1, -0.05) is 11.6 Å². The summed E-state index contributed by atoms with van der Waals surface area (Å²) in [7, 11) is 2.53. The monoisotopic (exact) mass is 520 g/mol. The lowest BCUT2D eigenvalue weighted by Crippen LogP contribution is -2.60. The third-order valence-corrected chi connectivity index (χ3v) is 6.81. The van der Waals surface area contributed by atoms with Gasteiger partial charge in [-0.05, 0) is 18.2 Å². The molecule has 2 unspecified atom stereocenters. The second kappa shape index (κ2) is 10.4. The standard InChI is InChI=1S/C21H29ClN2O11/c1-32-17-13(25)11(34-19(29)15(17)27)6-23-9-4-3-8(22)5-10(9)24(21(23)31)7-12-14(26)18(33-2)16(28)20(30)35-12/h3-5,11-20,25-30H,6-7H2,1-2H3/t11-,12-,13-,14-,15-,16-,17+,18+,19?,20?/m1/s1. The molecule has 10 atom stereocenters. The average molecular weight is 521 g/mol. The molecule has 0 saturated carbocycles. The number of fused-ring (bicyclic) bond motifs is 1. The molecule has 2 aliphatic rings. The topological polar surface area (TPSA) is 185 Å². The number of aliphatic hydroxyl groups is 6. The van der Waals surface area contributed by atoms with E-state index in [1.165, 1.54) is 29.4 Å². The second-order valence-electron chi connectivity index (χ2n) is 8.63. The molecule has 4 rings (SSSR count). The second-order valence-corrected chi connectivity index (χ2v) is 9.07. The molecule has 2 aliphatic heterocycles. The molecule has 2 aromatic rings. The fourth-order valence-corrected chi connectivity index (χ4v) is 4.86. The van der Waals surface area contributed by atoms with Gasteiger partial charge >= 0.3 is 5.69 Å². The van der Waals surface area contributed by atoms with Gasteiger partial charge in [-0.15, -0.1) is 0 Å². The minimum atomic E-state index is -1.65. The molecule has 35 heavy (non-hydrogen) atoms. The fraction of sp³-hybridized carbons (Fsp3) is 0.667. The van der Waals surface area contributed by atoms with E-state index in [-0.39, 0.29) is 13.1 Å². The van der Waals surface area contributed by atoms with Gasteiger partial charge in [0.15, 0.2) is 12.6 Å². The van der Waals surface area contributed by atoms with Gasteiger partial charge < -0.3 is 49.6 Å². The van der Waals surface area contributed by atoms with Gasteiger partial charge in [0.25, 0.3) is 0 Å². The number of ether oxygens (including phenoxy) is 4. The van der Waals surface area contributed by atoms with Crippen molar-refractivity contribution in [2.24, 2.45) is 0 Å². The highest BCUT2D eigenvalue weighted by Crippen LogP contribution is 2.27. The first-order valence-corrected chi connectivity index (χ1v) is 11.3. The van der Waals surface area contributed by atoms with Crippen molar-refractivity contribution in [3.05, 3.63) is 33.7 Å². The first-order chi connectivity index (χ1) is 16.6. The molecule has 2 fully saturated rings. The smallest absolute Gasteiger partial charge is 0.329 e. The van der Waals surface area contributed by atoms with E-state index in [9.17, 15) is 35.4 Å². The molecule has 6 N–H and O–H groups in total. The fourth-order valence-electron chi connectivity index (χ4n) is 4.70. The molecule has 1 aromatic heterocycles. The Hall–Kier alpha value is -1.62. The SMILES string of the molecule is CO[C@H]1[C@H](O)[C@@H](Cn2c(=O)n(C[C@H]3OC(O)[C@H](O)[C@@H](OC)[C@@H]3O)c3cc(Cl)ccc32)OC(O)[C@@H]1O. The summed E-state index contributed by atoms with van der Waals surface area (Å²) in [5, 5.41) is 61.7. The Labute approximate surface area is 204 Å². The number of aliphatic hydroxyl groups excluding tert-OH is 6. The highest BCUT2D eigenvalue weighted by Gasteiger charge is 2.46. The van der Waals surface area contributed by atoms with Crippen LogP contribution in [0, 0.1) is 0 Å². The molecule has 14 heteroatoms. The molecule has 2 saturated heterocycles. The largest absolute Gasteiger partial charge is 0.388 e. The Morgan fingerprint density at radius 3 is 1.71 bits per heavy atom. The van der Waals surface area contributed by atoms with Crippen LogP contribution in [0.3, 0.4) is 0 Å². The zero-order chi connectivity index (χ0) is 25.6. The van der Waals surface area contributed by atoms with Crippen molar-refractivity contribution in [2.75, 3.05) is 14.2 Å². The van der Waals surface area contributed by atoms with E-state index in [1.54, 1.807) is 12.1 Å². The number of imidazole rings is 1. The number of aromatic nitrogens is 2. The lowest BCUT2D eigenvalue weighted by Gasteiger charge is -2.40. The normalized spacial score (nSPS) is 38.2. The van der Waals surface area contributed by atoms with Crippen LogP contribution in [0.2, 0.25) is 5.02 Å². The maximum atomic E-state index is 13.5. The molecule has 0 radical (unpaired) electrons. The Morgan fingerprint density at radius 2 is 1.26 bits per heavy atom. The van der Waals surface area contributed by atoms with Crippen LogP contribution in [0.25, 0.3) is 11.0 Å². The molecule has 0 amide bonds. The van der Waals surface area contributed by atoms with Crippen LogP contribution >= 0.6 is 11.6 Å². The van der Waals surface area contributed by atoms with Gasteiger partial charge in [-0.25, -0.2) is 4.79 Å². The summed E-state index contributed by atoms with van der Waals surface area (Å²) in [4.78, 5) is 13.5. The molecule has 1 aromatic carbocycles. The maximum absolute atomic E-state index is 13.5. The van der Waals surface area contributed by atoms with E-state index >= 15 is 0 Å². The highest BCUT2D eigenvalue weighted by molar-refractivity contribution is 6.31. The first-order valence-electron chi connectivity index (χ1n) is 10.9. The number of hydrogen-bond acceptors (Lipinski definition) is 11. The van der Waals surface area contributed by atoms with Gasteiger partial charge in [0.2, 0.25) is 0 Å². The Bertz CT molecular complexity index is 1090. The number of rotatable bonds is 6. The van der Waals surface area contributed by atoms with E-state index in [0.29, 0.717) is 16.1 Å². The van der Waals surface area contributed by atoms with E-state index in [1.807, 2.05) is 0 Å². The summed E-state index contributed by atoms with van der Waals surface area (Å²) in [5.41, 5.74) is 0.180. The minimum absolute atomic E-state index is 0.217. The third kappa shape index (κ3) is 4.74. The third-order valence-electron chi connectivity index (χ3n) is 6.57. The van der Waals surface area contributed by atoms with Gasteiger partial charge in [0, 0.05) is 19.2 Å². The van der Waals surface area contributed by atoms with E-state index in [0.717, 1.165) is 0 Å². The lowest BCUT2D eigenvalue weighted by molar-refractivity contribution is -0.288. The van der Waals surface area contributed by atoms with Crippen molar-refractivity contribution >= 4 is 22.6 Å². The van der Waals surface area contributed by atoms with E-state index in [4.69, 9.17) is 30.5 Å². The van der Waals surface area contributed by atoms with Crippen molar-refractivity contribution in [3.8, 4) is 0 Å². The number of nitrogens with zero attached hydrogens (tertiary/aromatic N) is 2. The van der Waals surface area contributed by atoms with Crippen molar-refractivity contribution < 1.29 is 49.6 Å². The number of methoxy groups -OCH3 is 2. The Morgan fingerprint density at radius 1 is 0.800 bits per heavy atom. The first kappa shape index (κ1) is 26.4. The Kier molecular flexibility index (Phi) is 7.85. The lowest BCUT2D eigenvalue weighted by atomic mass is 9.98. The van der Waals surface area contributed by atoms with Crippen LogP contribution < -0.4 is 5.69 Å². The van der Waals surface area contributed by atoms with Crippen LogP contribution in [0.1, 0.15) is 0 Å². The Balaban J connectivity index is 1.70. The number of hydrogen-bond donors (Lipinski definition) is 6. The van der Waals surface area contributed by atoms with Crippen molar-refractivity contribution in [1.82, 2.24) is 9.13 Å². The molecule has 3 heterocycles. The molecule has 0 bridgehead atoms. The summed E-state index contributed by atoms with van der Waals surface area (Å²) >= 11 is 6.16. The van der Waals surface area contributed by atoms with Crippen molar-refractivity contribution in [2.45, 2.75) is 74.5 Å². The maximum Gasteiger partial charge on any atom is 0.329 e. The molecular weight excluding hydrogens is 492 g/mol. The zero-order valence-electron chi connectivity index (χ0n) is 18.9. The van der Waals surface area contributed by atoms with Crippen LogP contribution in [0.5, 0.6) is 0 Å². The zero-order valence-corrected chi connectivity index (χ0v) is 19.7. The summed E-state index contributed by atoms with van der Waals surface area (Å²) < 4.78 is 23.4. The van der Waals surface area contributed by atoms with Crippen LogP contribution in [-0.2, 0) is 32.0 Å². The molecular formula is C21H29ClN2O11. The predicted octanol–water partition coefficient (Wildman–Crippen LogP) is -2.64. The van der Waals surface area contributed by atoms with Crippen LogP contribution in [0.4, 0.5) is 0 Å². The van der Waals surface area contributed by atoms with E-state index in [2.05, 4.69) is 0 Å².